The van der Waals surface area contributed by atoms with E-state index in [1.165, 1.54) is 0 Å². The van der Waals surface area contributed by atoms with Gasteiger partial charge in [0.1, 0.15) is 0 Å². The van der Waals surface area contributed by atoms with E-state index in [2.05, 4.69) is 17.1 Å². The van der Waals surface area contributed by atoms with Crippen molar-refractivity contribution >= 4 is 23.2 Å². The van der Waals surface area contributed by atoms with Crippen LogP contribution in [0.25, 0.3) is 0 Å². The summed E-state index contributed by atoms with van der Waals surface area (Å²) < 4.78 is 0. The Bertz CT molecular complexity index is 534. The summed E-state index contributed by atoms with van der Waals surface area (Å²) in [7, 11) is 0. The zero-order valence-corrected chi connectivity index (χ0v) is 14.9. The molecule has 2 rings (SSSR count). The van der Waals surface area contributed by atoms with E-state index in [0.29, 0.717) is 12.8 Å². The molecule has 1 aromatic carbocycles. The van der Waals surface area contributed by atoms with E-state index in [1.54, 1.807) is 0 Å². The fourth-order valence-corrected chi connectivity index (χ4v) is 2.95. The standard InChI is InChI=1S/C19H29N3O2/c1-3-5-6-7-18(23)20-16-8-10-17(11-9-16)21-12-14-22(15-13-21)19(24)4-2/h8-11H,3-7,12-15H2,1-2H3,(H,20,23). The zero-order chi connectivity index (χ0) is 17.4. The number of benzene rings is 1. The van der Waals surface area contributed by atoms with Crippen molar-refractivity contribution < 1.29 is 9.59 Å². The first-order chi connectivity index (χ1) is 11.6. The van der Waals surface area contributed by atoms with Gasteiger partial charge in [-0.1, -0.05) is 26.7 Å². The second-order valence-corrected chi connectivity index (χ2v) is 6.27. The van der Waals surface area contributed by atoms with Crippen LogP contribution < -0.4 is 10.2 Å². The first-order valence-electron chi connectivity index (χ1n) is 9.06. The summed E-state index contributed by atoms with van der Waals surface area (Å²) in [5.74, 6) is 0.318. The predicted molar refractivity (Wildman–Crippen MR) is 98.3 cm³/mol. The van der Waals surface area contributed by atoms with E-state index in [4.69, 9.17) is 0 Å². The van der Waals surface area contributed by atoms with Crippen molar-refractivity contribution in [3.05, 3.63) is 24.3 Å². The summed E-state index contributed by atoms with van der Waals surface area (Å²) in [6.45, 7) is 7.31. The summed E-state index contributed by atoms with van der Waals surface area (Å²) >= 11 is 0. The molecule has 0 unspecified atom stereocenters. The van der Waals surface area contributed by atoms with Crippen molar-refractivity contribution in [2.45, 2.75) is 46.0 Å². The largest absolute Gasteiger partial charge is 0.368 e. The van der Waals surface area contributed by atoms with Gasteiger partial charge in [0.2, 0.25) is 11.8 Å². The molecule has 0 aromatic heterocycles. The van der Waals surface area contributed by atoms with Gasteiger partial charge in [-0.25, -0.2) is 0 Å². The molecule has 0 radical (unpaired) electrons. The smallest absolute Gasteiger partial charge is 0.224 e. The Hall–Kier alpha value is -2.04. The molecule has 132 valence electrons. The van der Waals surface area contributed by atoms with Gasteiger partial charge in [-0.2, -0.15) is 0 Å². The third kappa shape index (κ3) is 5.25. The maximum absolute atomic E-state index is 11.8. The van der Waals surface area contributed by atoms with Crippen molar-refractivity contribution in [1.29, 1.82) is 0 Å². The number of rotatable bonds is 7. The number of hydrogen-bond donors (Lipinski definition) is 1. The minimum absolute atomic E-state index is 0.0860. The van der Waals surface area contributed by atoms with Gasteiger partial charge in [-0.3, -0.25) is 9.59 Å². The Labute approximate surface area is 145 Å². The quantitative estimate of drug-likeness (QED) is 0.780. The fourth-order valence-electron chi connectivity index (χ4n) is 2.95. The van der Waals surface area contributed by atoms with E-state index < -0.39 is 0 Å². The van der Waals surface area contributed by atoms with Crippen LogP contribution in [-0.4, -0.2) is 42.9 Å². The number of hydrogen-bond acceptors (Lipinski definition) is 3. The van der Waals surface area contributed by atoms with Crippen LogP contribution in [0.1, 0.15) is 46.0 Å². The van der Waals surface area contributed by atoms with Gasteiger partial charge in [0.15, 0.2) is 0 Å². The second-order valence-electron chi connectivity index (χ2n) is 6.27. The Morgan fingerprint density at radius 2 is 1.67 bits per heavy atom. The van der Waals surface area contributed by atoms with Crippen LogP contribution in [0, 0.1) is 0 Å². The molecule has 1 heterocycles. The van der Waals surface area contributed by atoms with Crippen LogP contribution in [0.3, 0.4) is 0 Å². The Kier molecular flexibility index (Phi) is 7.09. The summed E-state index contributed by atoms with van der Waals surface area (Å²) in [4.78, 5) is 27.8. The topological polar surface area (TPSA) is 52.7 Å². The zero-order valence-electron chi connectivity index (χ0n) is 14.9. The number of carbonyl (C=O) groups is 2. The average molecular weight is 331 g/mol. The Morgan fingerprint density at radius 3 is 2.25 bits per heavy atom. The number of nitrogens with one attached hydrogen (secondary N) is 1. The third-order valence-corrected chi connectivity index (χ3v) is 4.46. The van der Waals surface area contributed by atoms with E-state index in [1.807, 2.05) is 36.1 Å². The lowest BCUT2D eigenvalue weighted by molar-refractivity contribution is -0.131. The van der Waals surface area contributed by atoms with Crippen LogP contribution in [0.2, 0.25) is 0 Å². The summed E-state index contributed by atoms with van der Waals surface area (Å²) in [6, 6.07) is 7.99. The van der Waals surface area contributed by atoms with Gasteiger partial charge in [-0.05, 0) is 30.7 Å². The monoisotopic (exact) mass is 331 g/mol. The van der Waals surface area contributed by atoms with Crippen molar-refractivity contribution in [2.75, 3.05) is 36.4 Å². The maximum atomic E-state index is 11.8. The van der Waals surface area contributed by atoms with E-state index >= 15 is 0 Å². The van der Waals surface area contributed by atoms with Gasteiger partial charge >= 0.3 is 0 Å². The molecule has 1 N–H and O–H groups in total. The van der Waals surface area contributed by atoms with E-state index in [9.17, 15) is 9.59 Å². The van der Waals surface area contributed by atoms with Crippen LogP contribution in [0.15, 0.2) is 24.3 Å². The van der Waals surface area contributed by atoms with Crippen molar-refractivity contribution in [3.63, 3.8) is 0 Å². The number of anilines is 2. The minimum atomic E-state index is 0.0860. The van der Waals surface area contributed by atoms with Gasteiger partial charge in [0.05, 0.1) is 0 Å². The highest BCUT2D eigenvalue weighted by atomic mass is 16.2. The highest BCUT2D eigenvalue weighted by Gasteiger charge is 2.19. The van der Waals surface area contributed by atoms with E-state index in [0.717, 1.165) is 56.8 Å². The molecular formula is C19H29N3O2. The molecule has 0 bridgehead atoms. The number of piperazine rings is 1. The molecule has 0 aliphatic carbocycles. The summed E-state index contributed by atoms with van der Waals surface area (Å²) in [5, 5.41) is 2.95. The summed E-state index contributed by atoms with van der Waals surface area (Å²) in [6.07, 6.45) is 4.33. The minimum Gasteiger partial charge on any atom is -0.368 e. The maximum Gasteiger partial charge on any atom is 0.224 e. The predicted octanol–water partition coefficient (Wildman–Crippen LogP) is 3.26. The fraction of sp³-hybridized carbons (Fsp3) is 0.579. The Morgan fingerprint density at radius 1 is 1.00 bits per heavy atom. The summed E-state index contributed by atoms with van der Waals surface area (Å²) in [5.41, 5.74) is 1.99. The molecule has 0 spiro atoms. The number of carbonyl (C=O) groups excluding carboxylic acids is 2. The molecular weight excluding hydrogens is 302 g/mol. The lowest BCUT2D eigenvalue weighted by Crippen LogP contribution is -2.48. The molecule has 1 aliphatic heterocycles. The van der Waals surface area contributed by atoms with Gasteiger partial charge in [0, 0.05) is 50.4 Å². The first kappa shape index (κ1) is 18.3. The van der Waals surface area contributed by atoms with Gasteiger partial charge in [0.25, 0.3) is 0 Å². The molecule has 0 saturated carbocycles. The van der Waals surface area contributed by atoms with Gasteiger partial charge < -0.3 is 15.1 Å². The average Bonchev–Trinajstić information content (AvgIpc) is 2.62. The van der Waals surface area contributed by atoms with Crippen molar-refractivity contribution in [3.8, 4) is 0 Å². The molecule has 0 atom stereocenters. The first-order valence-corrected chi connectivity index (χ1v) is 9.06. The molecule has 1 saturated heterocycles. The second kappa shape index (κ2) is 9.30. The van der Waals surface area contributed by atoms with Crippen molar-refractivity contribution in [2.24, 2.45) is 0 Å². The molecule has 1 aliphatic rings. The van der Waals surface area contributed by atoms with Crippen LogP contribution >= 0.6 is 0 Å². The number of nitrogens with zero attached hydrogens (tertiary/aromatic N) is 2. The Balaban J connectivity index is 1.82. The molecule has 1 aromatic rings. The number of amides is 2. The van der Waals surface area contributed by atoms with Gasteiger partial charge in [-0.15, -0.1) is 0 Å². The molecule has 5 nitrogen and oxygen atoms in total. The molecule has 1 fully saturated rings. The normalized spacial score (nSPS) is 14.6. The van der Waals surface area contributed by atoms with Crippen LogP contribution in [0.5, 0.6) is 0 Å². The molecule has 5 heteroatoms. The molecule has 2 amide bonds. The van der Waals surface area contributed by atoms with Crippen LogP contribution in [-0.2, 0) is 9.59 Å². The van der Waals surface area contributed by atoms with E-state index in [-0.39, 0.29) is 11.8 Å². The number of unbranched alkanes of at least 4 members (excludes halogenated alkanes) is 2. The SMILES string of the molecule is CCCCCC(=O)Nc1ccc(N2CCN(C(=O)CC)CC2)cc1. The lowest BCUT2D eigenvalue weighted by Gasteiger charge is -2.36. The highest BCUT2D eigenvalue weighted by Crippen LogP contribution is 2.20. The lowest BCUT2D eigenvalue weighted by atomic mass is 10.2. The molecule has 24 heavy (non-hydrogen) atoms. The van der Waals surface area contributed by atoms with Crippen LogP contribution in [0.4, 0.5) is 11.4 Å². The third-order valence-electron chi connectivity index (χ3n) is 4.46. The highest BCUT2D eigenvalue weighted by molar-refractivity contribution is 5.90. The van der Waals surface area contributed by atoms with Crippen molar-refractivity contribution in [1.82, 2.24) is 4.90 Å².